The Hall–Kier alpha value is -3.44. The van der Waals surface area contributed by atoms with Gasteiger partial charge >= 0.3 is 0 Å². The first-order valence-electron chi connectivity index (χ1n) is 9.59. The molecule has 0 aliphatic rings. The lowest BCUT2D eigenvalue weighted by molar-refractivity contribution is 0.101. The molecule has 4 rings (SSSR count). The van der Waals surface area contributed by atoms with Crippen LogP contribution >= 0.6 is 11.6 Å². The molecule has 0 unspecified atom stereocenters. The van der Waals surface area contributed by atoms with E-state index in [1.807, 2.05) is 87.5 Å². The number of hydrogen-bond acceptors (Lipinski definition) is 3. The van der Waals surface area contributed by atoms with Gasteiger partial charge in [0.1, 0.15) is 0 Å². The lowest BCUT2D eigenvalue weighted by Crippen LogP contribution is -2.14. The third kappa shape index (κ3) is 4.11. The average Bonchev–Trinajstić information content (AvgIpc) is 3.18. The smallest absolute Gasteiger partial charge is 0.295 e. The van der Waals surface area contributed by atoms with E-state index in [1.165, 1.54) is 0 Å². The quantitative estimate of drug-likeness (QED) is 0.459. The fourth-order valence-electron chi connectivity index (χ4n) is 3.02. The van der Waals surface area contributed by atoms with Gasteiger partial charge in [0.25, 0.3) is 5.91 Å². The van der Waals surface area contributed by atoms with Crippen LogP contribution < -0.4 is 5.32 Å². The highest BCUT2D eigenvalue weighted by Crippen LogP contribution is 2.25. The summed E-state index contributed by atoms with van der Waals surface area (Å²) in [6, 6.07) is 21.2. The molecular formula is C24H21ClN4O. The fraction of sp³-hybridized carbons (Fsp3) is 0.125. The number of nitrogens with one attached hydrogen (secondary N) is 1. The molecule has 6 heteroatoms. The van der Waals surface area contributed by atoms with E-state index in [0.29, 0.717) is 16.5 Å². The molecule has 0 aliphatic heterocycles. The van der Waals surface area contributed by atoms with Crippen molar-refractivity contribution in [1.82, 2.24) is 14.8 Å². The summed E-state index contributed by atoms with van der Waals surface area (Å²) in [4.78, 5) is 17.4. The summed E-state index contributed by atoms with van der Waals surface area (Å²) in [7, 11) is 0. The van der Waals surface area contributed by atoms with E-state index in [2.05, 4.69) is 15.4 Å². The second-order valence-corrected chi connectivity index (χ2v) is 7.70. The van der Waals surface area contributed by atoms with Gasteiger partial charge in [-0.1, -0.05) is 65.2 Å². The maximum absolute atomic E-state index is 12.8. The number of amides is 1. The molecule has 0 saturated heterocycles. The highest BCUT2D eigenvalue weighted by molar-refractivity contribution is 6.31. The minimum atomic E-state index is -0.371. The number of carbonyl (C=O) groups excluding carboxylic acids is 1. The first-order chi connectivity index (χ1) is 14.4. The standard InChI is InChI=1S/C24H21ClN4O/c1-15-4-9-18(10-5-15)23-27-22(24(30)26-19-11-6-16(2)7-12-19)28-29(23)20-13-8-17(3)21(25)14-20/h4-14H,1-3H3,(H,26,30). The van der Waals surface area contributed by atoms with Crippen LogP contribution in [0.25, 0.3) is 17.1 Å². The zero-order valence-electron chi connectivity index (χ0n) is 17.0. The maximum atomic E-state index is 12.8. The molecule has 5 nitrogen and oxygen atoms in total. The predicted molar refractivity (Wildman–Crippen MR) is 120 cm³/mol. The Morgan fingerprint density at radius 1 is 0.900 bits per heavy atom. The van der Waals surface area contributed by atoms with E-state index >= 15 is 0 Å². The zero-order valence-corrected chi connectivity index (χ0v) is 17.7. The molecule has 150 valence electrons. The van der Waals surface area contributed by atoms with Gasteiger partial charge in [0.05, 0.1) is 5.69 Å². The number of aryl methyl sites for hydroxylation is 3. The molecule has 0 spiro atoms. The average molecular weight is 417 g/mol. The van der Waals surface area contributed by atoms with Crippen LogP contribution in [0.2, 0.25) is 5.02 Å². The van der Waals surface area contributed by atoms with Crippen molar-refractivity contribution in [3.8, 4) is 17.1 Å². The second-order valence-electron chi connectivity index (χ2n) is 7.29. The lowest BCUT2D eigenvalue weighted by atomic mass is 10.1. The second kappa shape index (κ2) is 8.13. The van der Waals surface area contributed by atoms with Crippen LogP contribution in [0.1, 0.15) is 27.3 Å². The van der Waals surface area contributed by atoms with Crippen molar-refractivity contribution < 1.29 is 4.79 Å². The summed E-state index contributed by atoms with van der Waals surface area (Å²) < 4.78 is 1.65. The first kappa shape index (κ1) is 19.9. The summed E-state index contributed by atoms with van der Waals surface area (Å²) in [5.41, 5.74) is 5.52. The highest BCUT2D eigenvalue weighted by atomic mass is 35.5. The molecule has 3 aromatic carbocycles. The van der Waals surface area contributed by atoms with Crippen molar-refractivity contribution in [2.75, 3.05) is 5.32 Å². The monoisotopic (exact) mass is 416 g/mol. The number of hydrogen-bond donors (Lipinski definition) is 1. The van der Waals surface area contributed by atoms with Crippen molar-refractivity contribution in [2.45, 2.75) is 20.8 Å². The number of anilines is 1. The largest absolute Gasteiger partial charge is 0.319 e. The number of halogens is 1. The number of benzene rings is 3. The maximum Gasteiger partial charge on any atom is 0.295 e. The van der Waals surface area contributed by atoms with Crippen LogP contribution in [0.4, 0.5) is 5.69 Å². The molecule has 0 atom stereocenters. The molecule has 1 heterocycles. The Labute approximate surface area is 180 Å². The topological polar surface area (TPSA) is 59.8 Å². The Morgan fingerprint density at radius 3 is 2.17 bits per heavy atom. The Balaban J connectivity index is 1.76. The number of aromatic nitrogens is 3. The fourth-order valence-corrected chi connectivity index (χ4v) is 3.19. The van der Waals surface area contributed by atoms with E-state index in [9.17, 15) is 4.79 Å². The van der Waals surface area contributed by atoms with Crippen LogP contribution in [-0.4, -0.2) is 20.7 Å². The van der Waals surface area contributed by atoms with Crippen molar-refractivity contribution in [3.63, 3.8) is 0 Å². The minimum absolute atomic E-state index is 0.0860. The molecule has 30 heavy (non-hydrogen) atoms. The van der Waals surface area contributed by atoms with Gasteiger partial charge in [0, 0.05) is 16.3 Å². The number of rotatable bonds is 4. The molecular weight excluding hydrogens is 396 g/mol. The van der Waals surface area contributed by atoms with Gasteiger partial charge in [-0.3, -0.25) is 4.79 Å². The predicted octanol–water partition coefficient (Wildman–Crippen LogP) is 5.77. The Morgan fingerprint density at radius 2 is 1.53 bits per heavy atom. The van der Waals surface area contributed by atoms with E-state index in [4.69, 9.17) is 11.6 Å². The van der Waals surface area contributed by atoms with E-state index in [0.717, 1.165) is 27.9 Å². The summed E-state index contributed by atoms with van der Waals surface area (Å²) in [6.07, 6.45) is 0. The van der Waals surface area contributed by atoms with Crippen molar-refractivity contribution in [3.05, 3.63) is 94.3 Å². The third-order valence-corrected chi connectivity index (χ3v) is 5.24. The summed E-state index contributed by atoms with van der Waals surface area (Å²) >= 11 is 6.33. The molecule has 1 N–H and O–H groups in total. The van der Waals surface area contributed by atoms with Crippen molar-refractivity contribution in [2.24, 2.45) is 0 Å². The van der Waals surface area contributed by atoms with Crippen molar-refractivity contribution in [1.29, 1.82) is 0 Å². The number of carbonyl (C=O) groups is 1. The van der Waals surface area contributed by atoms with Crippen LogP contribution in [0, 0.1) is 20.8 Å². The SMILES string of the molecule is Cc1ccc(NC(=O)c2nc(-c3ccc(C)cc3)n(-c3ccc(C)c(Cl)c3)n2)cc1. The molecule has 1 amide bonds. The van der Waals surface area contributed by atoms with Gasteiger partial charge in [0.2, 0.25) is 5.82 Å². The van der Waals surface area contributed by atoms with Gasteiger partial charge in [-0.05, 0) is 50.6 Å². The first-order valence-corrected chi connectivity index (χ1v) is 9.97. The highest BCUT2D eigenvalue weighted by Gasteiger charge is 2.19. The van der Waals surface area contributed by atoms with Crippen LogP contribution in [-0.2, 0) is 0 Å². The van der Waals surface area contributed by atoms with E-state index in [-0.39, 0.29) is 11.7 Å². The molecule has 0 bridgehead atoms. The van der Waals surface area contributed by atoms with Gasteiger partial charge in [-0.25, -0.2) is 9.67 Å². The summed E-state index contributed by atoms with van der Waals surface area (Å²) in [5.74, 6) is 0.288. The Bertz CT molecular complexity index is 1210. The summed E-state index contributed by atoms with van der Waals surface area (Å²) in [5, 5.41) is 7.98. The zero-order chi connectivity index (χ0) is 21.3. The van der Waals surface area contributed by atoms with E-state index in [1.54, 1.807) is 4.68 Å². The van der Waals surface area contributed by atoms with Gasteiger partial charge in [-0.2, -0.15) is 0 Å². The molecule has 0 fully saturated rings. The summed E-state index contributed by atoms with van der Waals surface area (Å²) in [6.45, 7) is 5.96. The molecule has 0 radical (unpaired) electrons. The van der Waals surface area contributed by atoms with Crippen LogP contribution in [0.3, 0.4) is 0 Å². The molecule has 4 aromatic rings. The van der Waals surface area contributed by atoms with E-state index < -0.39 is 0 Å². The Kier molecular flexibility index (Phi) is 5.38. The normalized spacial score (nSPS) is 10.8. The number of nitrogens with zero attached hydrogens (tertiary/aromatic N) is 3. The van der Waals surface area contributed by atoms with Gasteiger partial charge < -0.3 is 5.32 Å². The third-order valence-electron chi connectivity index (χ3n) is 4.83. The van der Waals surface area contributed by atoms with Gasteiger partial charge in [0.15, 0.2) is 5.82 Å². The molecule has 1 aromatic heterocycles. The minimum Gasteiger partial charge on any atom is -0.319 e. The lowest BCUT2D eigenvalue weighted by Gasteiger charge is -2.08. The van der Waals surface area contributed by atoms with Gasteiger partial charge in [-0.15, -0.1) is 5.10 Å². The molecule has 0 aliphatic carbocycles. The van der Waals surface area contributed by atoms with Crippen LogP contribution in [0.15, 0.2) is 66.7 Å². The molecule has 0 saturated carbocycles. The van der Waals surface area contributed by atoms with Crippen molar-refractivity contribution >= 4 is 23.2 Å². The van der Waals surface area contributed by atoms with Crippen LogP contribution in [0.5, 0.6) is 0 Å².